The third-order valence-corrected chi connectivity index (χ3v) is 3.84. The van der Waals surface area contributed by atoms with Crippen molar-refractivity contribution in [1.82, 2.24) is 0 Å². The van der Waals surface area contributed by atoms with Crippen molar-refractivity contribution in [2.75, 3.05) is 17.2 Å². The Kier molecular flexibility index (Phi) is 3.07. The van der Waals surface area contributed by atoms with Crippen LogP contribution in [0.4, 0.5) is 15.8 Å². The number of hydrogen-bond acceptors (Lipinski definition) is 2. The van der Waals surface area contributed by atoms with Crippen LogP contribution in [0.1, 0.15) is 11.1 Å². The molecule has 0 spiro atoms. The van der Waals surface area contributed by atoms with E-state index in [9.17, 15) is 4.39 Å². The van der Waals surface area contributed by atoms with Crippen LogP contribution in [0.2, 0.25) is 5.02 Å². The van der Waals surface area contributed by atoms with Crippen LogP contribution < -0.4 is 10.6 Å². The maximum atomic E-state index is 13.3. The predicted octanol–water partition coefficient (Wildman–Crippen LogP) is 3.62. The highest BCUT2D eigenvalue weighted by Gasteiger charge is 2.20. The van der Waals surface area contributed by atoms with Crippen molar-refractivity contribution in [3.05, 3.63) is 58.4 Å². The van der Waals surface area contributed by atoms with Gasteiger partial charge < -0.3 is 10.6 Å². The zero-order chi connectivity index (χ0) is 13.4. The molecule has 0 atom stereocenters. The molecule has 3 rings (SSSR count). The number of hydrogen-bond donors (Lipinski definition) is 1. The molecule has 0 bridgehead atoms. The summed E-state index contributed by atoms with van der Waals surface area (Å²) in [5.41, 5.74) is 9.78. The summed E-state index contributed by atoms with van der Waals surface area (Å²) in [6, 6.07) is 10.4. The van der Waals surface area contributed by atoms with Crippen molar-refractivity contribution < 1.29 is 4.39 Å². The standard InChI is InChI=1S/C15H14ClFN2/c16-14-4-2-12(17)7-11(14)9-19-6-5-10-1-3-13(18)8-15(10)19/h1-4,7-8H,5-6,9,18H2. The van der Waals surface area contributed by atoms with Gasteiger partial charge in [0.15, 0.2) is 0 Å². The average molecular weight is 277 g/mol. The Morgan fingerprint density at radius 3 is 2.89 bits per heavy atom. The molecule has 2 N–H and O–H groups in total. The molecule has 0 radical (unpaired) electrons. The number of nitrogens with two attached hydrogens (primary N) is 1. The molecule has 0 aromatic heterocycles. The van der Waals surface area contributed by atoms with E-state index in [-0.39, 0.29) is 5.82 Å². The van der Waals surface area contributed by atoms with Crippen molar-refractivity contribution in [1.29, 1.82) is 0 Å². The maximum absolute atomic E-state index is 13.3. The SMILES string of the molecule is Nc1ccc2c(c1)N(Cc1cc(F)ccc1Cl)CC2. The van der Waals surface area contributed by atoms with E-state index in [1.54, 1.807) is 6.07 Å². The zero-order valence-electron chi connectivity index (χ0n) is 10.4. The van der Waals surface area contributed by atoms with Crippen LogP contribution >= 0.6 is 11.6 Å². The summed E-state index contributed by atoms with van der Waals surface area (Å²) in [7, 11) is 0. The molecule has 0 saturated carbocycles. The molecule has 0 saturated heterocycles. The molecule has 1 aliphatic rings. The minimum Gasteiger partial charge on any atom is -0.399 e. The second kappa shape index (κ2) is 4.74. The van der Waals surface area contributed by atoms with Crippen LogP contribution in [0.5, 0.6) is 0 Å². The number of fused-ring (bicyclic) bond motifs is 1. The molecule has 98 valence electrons. The monoisotopic (exact) mass is 276 g/mol. The Balaban J connectivity index is 1.90. The van der Waals surface area contributed by atoms with Gasteiger partial charge in [-0.25, -0.2) is 4.39 Å². The van der Waals surface area contributed by atoms with Gasteiger partial charge in [0.1, 0.15) is 5.82 Å². The maximum Gasteiger partial charge on any atom is 0.123 e. The fourth-order valence-electron chi connectivity index (χ4n) is 2.50. The van der Waals surface area contributed by atoms with Crippen molar-refractivity contribution in [2.24, 2.45) is 0 Å². The number of anilines is 2. The van der Waals surface area contributed by atoms with E-state index in [1.165, 1.54) is 17.7 Å². The topological polar surface area (TPSA) is 29.3 Å². The predicted molar refractivity (Wildman–Crippen MR) is 77.0 cm³/mol. The fraction of sp³-hybridized carbons (Fsp3) is 0.200. The lowest BCUT2D eigenvalue weighted by Crippen LogP contribution is -2.20. The fourth-order valence-corrected chi connectivity index (χ4v) is 2.67. The lowest BCUT2D eigenvalue weighted by atomic mass is 10.1. The zero-order valence-corrected chi connectivity index (χ0v) is 11.1. The third kappa shape index (κ3) is 2.38. The van der Waals surface area contributed by atoms with Crippen molar-refractivity contribution in [3.63, 3.8) is 0 Å². The average Bonchev–Trinajstić information content (AvgIpc) is 2.77. The van der Waals surface area contributed by atoms with Gasteiger partial charge in [-0.1, -0.05) is 17.7 Å². The first-order chi connectivity index (χ1) is 9.13. The first-order valence-corrected chi connectivity index (χ1v) is 6.58. The van der Waals surface area contributed by atoms with Gasteiger partial charge in [-0.2, -0.15) is 0 Å². The Morgan fingerprint density at radius 2 is 2.05 bits per heavy atom. The van der Waals surface area contributed by atoms with Gasteiger partial charge in [-0.05, 0) is 47.9 Å². The number of nitrogen functional groups attached to an aromatic ring is 1. The number of halogens is 2. The van der Waals surface area contributed by atoms with E-state index in [1.807, 2.05) is 12.1 Å². The summed E-state index contributed by atoms with van der Waals surface area (Å²) >= 11 is 6.11. The Labute approximate surface area is 116 Å². The van der Waals surface area contributed by atoms with E-state index in [0.29, 0.717) is 11.6 Å². The summed E-state index contributed by atoms with van der Waals surface area (Å²) in [6.07, 6.45) is 0.989. The number of nitrogens with zero attached hydrogens (tertiary/aromatic N) is 1. The molecule has 0 unspecified atom stereocenters. The lowest BCUT2D eigenvalue weighted by Gasteiger charge is -2.20. The Hall–Kier alpha value is -1.74. The highest BCUT2D eigenvalue weighted by Crippen LogP contribution is 2.32. The third-order valence-electron chi connectivity index (χ3n) is 3.47. The molecule has 1 heterocycles. The van der Waals surface area contributed by atoms with E-state index >= 15 is 0 Å². The molecule has 4 heteroatoms. The molecule has 2 nitrogen and oxygen atoms in total. The van der Waals surface area contributed by atoms with Gasteiger partial charge in [-0.15, -0.1) is 0 Å². The summed E-state index contributed by atoms with van der Waals surface area (Å²) in [6.45, 7) is 1.51. The quantitative estimate of drug-likeness (QED) is 0.849. The molecule has 2 aromatic carbocycles. The summed E-state index contributed by atoms with van der Waals surface area (Å²) in [5, 5.41) is 0.596. The minimum absolute atomic E-state index is 0.258. The lowest BCUT2D eigenvalue weighted by molar-refractivity contribution is 0.624. The first-order valence-electron chi connectivity index (χ1n) is 6.21. The molecule has 1 aliphatic heterocycles. The van der Waals surface area contributed by atoms with Crippen molar-refractivity contribution in [2.45, 2.75) is 13.0 Å². The smallest absolute Gasteiger partial charge is 0.123 e. The minimum atomic E-state index is -0.258. The number of rotatable bonds is 2. The van der Waals surface area contributed by atoms with E-state index in [2.05, 4.69) is 11.0 Å². The van der Waals surface area contributed by atoms with Crippen LogP contribution in [0.25, 0.3) is 0 Å². The highest BCUT2D eigenvalue weighted by molar-refractivity contribution is 6.31. The van der Waals surface area contributed by atoms with E-state index in [4.69, 9.17) is 17.3 Å². The molecular weight excluding hydrogens is 263 g/mol. The molecule has 0 amide bonds. The van der Waals surface area contributed by atoms with Crippen LogP contribution in [-0.2, 0) is 13.0 Å². The van der Waals surface area contributed by atoms with Gasteiger partial charge in [-0.3, -0.25) is 0 Å². The molecule has 19 heavy (non-hydrogen) atoms. The highest BCUT2D eigenvalue weighted by atomic mass is 35.5. The van der Waals surface area contributed by atoms with Crippen LogP contribution in [0.15, 0.2) is 36.4 Å². The van der Waals surface area contributed by atoms with Crippen molar-refractivity contribution in [3.8, 4) is 0 Å². The largest absolute Gasteiger partial charge is 0.399 e. The number of benzene rings is 2. The summed E-state index contributed by atoms with van der Waals surface area (Å²) < 4.78 is 13.3. The van der Waals surface area contributed by atoms with E-state index < -0.39 is 0 Å². The van der Waals surface area contributed by atoms with Crippen LogP contribution in [0.3, 0.4) is 0 Å². The van der Waals surface area contributed by atoms with Gasteiger partial charge in [0.2, 0.25) is 0 Å². The van der Waals surface area contributed by atoms with Crippen LogP contribution in [0, 0.1) is 5.82 Å². The second-order valence-corrected chi connectivity index (χ2v) is 5.20. The van der Waals surface area contributed by atoms with Crippen molar-refractivity contribution >= 4 is 23.0 Å². The first kappa shape index (κ1) is 12.3. The van der Waals surface area contributed by atoms with Gasteiger partial charge >= 0.3 is 0 Å². The van der Waals surface area contributed by atoms with Gasteiger partial charge in [0.25, 0.3) is 0 Å². The Morgan fingerprint density at radius 1 is 1.21 bits per heavy atom. The molecule has 2 aromatic rings. The summed E-state index contributed by atoms with van der Waals surface area (Å²) in [4.78, 5) is 2.19. The van der Waals surface area contributed by atoms with Gasteiger partial charge in [0, 0.05) is 29.5 Å². The Bertz CT molecular complexity index is 628. The normalized spacial score (nSPS) is 13.7. The molecule has 0 fully saturated rings. The molecule has 0 aliphatic carbocycles. The van der Waals surface area contributed by atoms with E-state index in [0.717, 1.165) is 29.9 Å². The summed E-state index contributed by atoms with van der Waals surface area (Å²) in [5.74, 6) is -0.258. The van der Waals surface area contributed by atoms with Gasteiger partial charge in [0.05, 0.1) is 0 Å². The second-order valence-electron chi connectivity index (χ2n) is 4.80. The van der Waals surface area contributed by atoms with Crippen LogP contribution in [-0.4, -0.2) is 6.54 Å². The molecular formula is C15H14ClFN2.